The molecule has 2 atom stereocenters. The molecule has 2 amide bonds. The van der Waals surface area contributed by atoms with Crippen molar-refractivity contribution < 1.29 is 14.3 Å². The van der Waals surface area contributed by atoms with Crippen LogP contribution in [0.25, 0.3) is 0 Å². The maximum atomic E-state index is 11.8. The number of rotatable bonds is 1. The van der Waals surface area contributed by atoms with Crippen LogP contribution in [-0.2, 0) is 9.53 Å². The quantitative estimate of drug-likeness (QED) is 0.730. The molecule has 0 aromatic heterocycles. The molecule has 1 fully saturated rings. The fourth-order valence-corrected chi connectivity index (χ4v) is 1.91. The normalized spacial score (nSPS) is 25.6. The van der Waals surface area contributed by atoms with Crippen LogP contribution in [0, 0.1) is 5.92 Å². The van der Waals surface area contributed by atoms with E-state index in [-0.39, 0.29) is 5.92 Å². The van der Waals surface area contributed by atoms with E-state index < -0.39 is 23.6 Å². The third-order valence-electron chi connectivity index (χ3n) is 2.62. The summed E-state index contributed by atoms with van der Waals surface area (Å²) in [4.78, 5) is 24.5. The van der Waals surface area contributed by atoms with Crippen molar-refractivity contribution in [2.24, 2.45) is 11.7 Å². The predicted molar refractivity (Wildman–Crippen MR) is 59.7 cm³/mol. The van der Waals surface area contributed by atoms with E-state index in [1.165, 1.54) is 4.90 Å². The highest BCUT2D eigenvalue weighted by Gasteiger charge is 2.40. The summed E-state index contributed by atoms with van der Waals surface area (Å²) in [5.74, 6) is -0.360. The van der Waals surface area contributed by atoms with Crippen LogP contribution in [0.3, 0.4) is 0 Å². The van der Waals surface area contributed by atoms with E-state index in [9.17, 15) is 9.59 Å². The number of ether oxygens (including phenoxy) is 1. The highest BCUT2D eigenvalue weighted by Crippen LogP contribution is 2.25. The molecule has 2 N–H and O–H groups in total. The van der Waals surface area contributed by atoms with E-state index in [0.29, 0.717) is 6.54 Å². The summed E-state index contributed by atoms with van der Waals surface area (Å²) in [5, 5.41) is 0. The summed E-state index contributed by atoms with van der Waals surface area (Å²) < 4.78 is 5.23. The van der Waals surface area contributed by atoms with Gasteiger partial charge < -0.3 is 10.5 Å². The van der Waals surface area contributed by atoms with Gasteiger partial charge in [-0.3, -0.25) is 9.69 Å². The standard InChI is InChI=1S/C11H20N2O3/c1-7-5-6-13(8(7)9(12)14)10(15)16-11(2,3)4/h7-8H,5-6H2,1-4H3,(H2,12,14). The summed E-state index contributed by atoms with van der Waals surface area (Å²) in [6.45, 7) is 7.83. The second kappa shape index (κ2) is 4.31. The number of likely N-dealkylation sites (tertiary alicyclic amines) is 1. The first-order valence-electron chi connectivity index (χ1n) is 5.51. The molecule has 1 rings (SSSR count). The van der Waals surface area contributed by atoms with Crippen molar-refractivity contribution >= 4 is 12.0 Å². The molecule has 0 bridgehead atoms. The summed E-state index contributed by atoms with van der Waals surface area (Å²) >= 11 is 0. The van der Waals surface area contributed by atoms with Crippen LogP contribution in [0.5, 0.6) is 0 Å². The third kappa shape index (κ3) is 2.87. The molecular formula is C11H20N2O3. The van der Waals surface area contributed by atoms with Gasteiger partial charge >= 0.3 is 6.09 Å². The lowest BCUT2D eigenvalue weighted by Crippen LogP contribution is -2.47. The zero-order chi connectivity index (χ0) is 12.5. The molecule has 0 radical (unpaired) electrons. The van der Waals surface area contributed by atoms with Gasteiger partial charge in [0, 0.05) is 6.54 Å². The highest BCUT2D eigenvalue weighted by molar-refractivity contribution is 5.85. The Kier molecular flexibility index (Phi) is 3.45. The molecule has 0 aromatic carbocycles. The molecule has 1 saturated heterocycles. The van der Waals surface area contributed by atoms with Crippen LogP contribution in [0.4, 0.5) is 4.79 Å². The first-order valence-corrected chi connectivity index (χ1v) is 5.51. The van der Waals surface area contributed by atoms with Crippen LogP contribution in [0.2, 0.25) is 0 Å². The van der Waals surface area contributed by atoms with Gasteiger partial charge in [-0.15, -0.1) is 0 Å². The Balaban J connectivity index is 2.73. The summed E-state index contributed by atoms with van der Waals surface area (Å²) in [6.07, 6.45) is 0.327. The molecule has 0 aromatic rings. The molecule has 5 nitrogen and oxygen atoms in total. The minimum absolute atomic E-state index is 0.102. The molecule has 0 aliphatic carbocycles. The van der Waals surface area contributed by atoms with Crippen LogP contribution < -0.4 is 5.73 Å². The van der Waals surface area contributed by atoms with Gasteiger partial charge in [-0.2, -0.15) is 0 Å². The Morgan fingerprint density at radius 2 is 1.94 bits per heavy atom. The van der Waals surface area contributed by atoms with Crippen molar-refractivity contribution in [2.45, 2.75) is 45.8 Å². The number of hydrogen-bond donors (Lipinski definition) is 1. The van der Waals surface area contributed by atoms with E-state index in [2.05, 4.69) is 0 Å². The molecule has 1 aliphatic rings. The van der Waals surface area contributed by atoms with E-state index in [1.54, 1.807) is 20.8 Å². The number of amides is 2. The Morgan fingerprint density at radius 3 is 2.38 bits per heavy atom. The van der Waals surface area contributed by atoms with Crippen LogP contribution in [0.15, 0.2) is 0 Å². The van der Waals surface area contributed by atoms with Gasteiger partial charge in [0.2, 0.25) is 5.91 Å². The van der Waals surface area contributed by atoms with Gasteiger partial charge in [0.25, 0.3) is 0 Å². The highest BCUT2D eigenvalue weighted by atomic mass is 16.6. The second-order valence-electron chi connectivity index (χ2n) is 5.29. The number of carbonyl (C=O) groups excluding carboxylic acids is 2. The van der Waals surface area contributed by atoms with Crippen molar-refractivity contribution in [1.82, 2.24) is 4.90 Å². The zero-order valence-electron chi connectivity index (χ0n) is 10.3. The number of carbonyl (C=O) groups is 2. The first kappa shape index (κ1) is 12.8. The average Bonchev–Trinajstić information content (AvgIpc) is 2.43. The first-order chi connectivity index (χ1) is 7.22. The number of nitrogens with zero attached hydrogens (tertiary/aromatic N) is 1. The lowest BCUT2D eigenvalue weighted by atomic mass is 10.0. The zero-order valence-corrected chi connectivity index (χ0v) is 10.3. The predicted octanol–water partition coefficient (Wildman–Crippen LogP) is 1.12. The molecule has 5 heteroatoms. The Morgan fingerprint density at radius 1 is 1.38 bits per heavy atom. The van der Waals surface area contributed by atoms with Gasteiger partial charge in [0.05, 0.1) is 0 Å². The Labute approximate surface area is 95.9 Å². The smallest absolute Gasteiger partial charge is 0.410 e. The van der Waals surface area contributed by atoms with E-state index in [0.717, 1.165) is 6.42 Å². The van der Waals surface area contributed by atoms with E-state index >= 15 is 0 Å². The molecule has 1 aliphatic heterocycles. The number of nitrogens with two attached hydrogens (primary N) is 1. The molecule has 2 unspecified atom stereocenters. The fraction of sp³-hybridized carbons (Fsp3) is 0.818. The Bertz CT molecular complexity index is 296. The molecule has 1 heterocycles. The van der Waals surface area contributed by atoms with E-state index in [4.69, 9.17) is 10.5 Å². The summed E-state index contributed by atoms with van der Waals surface area (Å²) in [7, 11) is 0. The van der Waals surface area contributed by atoms with Gasteiger partial charge in [0.15, 0.2) is 0 Å². The summed E-state index contributed by atoms with van der Waals surface area (Å²) in [5.41, 5.74) is 4.74. The summed E-state index contributed by atoms with van der Waals surface area (Å²) in [6, 6.07) is -0.533. The van der Waals surface area contributed by atoms with Crippen molar-refractivity contribution in [2.75, 3.05) is 6.54 Å². The minimum Gasteiger partial charge on any atom is -0.444 e. The second-order valence-corrected chi connectivity index (χ2v) is 5.29. The van der Waals surface area contributed by atoms with Crippen molar-refractivity contribution in [1.29, 1.82) is 0 Å². The van der Waals surface area contributed by atoms with Gasteiger partial charge in [-0.1, -0.05) is 6.92 Å². The molecule has 16 heavy (non-hydrogen) atoms. The van der Waals surface area contributed by atoms with Crippen molar-refractivity contribution in [3.05, 3.63) is 0 Å². The SMILES string of the molecule is CC1CCN(C(=O)OC(C)(C)C)C1C(N)=O. The maximum absolute atomic E-state index is 11.8. The van der Waals surface area contributed by atoms with Crippen LogP contribution >= 0.6 is 0 Å². The molecule has 92 valence electrons. The Hall–Kier alpha value is -1.26. The number of primary amides is 1. The third-order valence-corrected chi connectivity index (χ3v) is 2.62. The largest absolute Gasteiger partial charge is 0.444 e. The van der Waals surface area contributed by atoms with Crippen LogP contribution in [-0.4, -0.2) is 35.1 Å². The minimum atomic E-state index is -0.550. The lowest BCUT2D eigenvalue weighted by Gasteiger charge is -2.28. The monoisotopic (exact) mass is 228 g/mol. The molecule has 0 spiro atoms. The average molecular weight is 228 g/mol. The number of hydrogen-bond acceptors (Lipinski definition) is 3. The van der Waals surface area contributed by atoms with Crippen LogP contribution in [0.1, 0.15) is 34.1 Å². The molecule has 0 saturated carbocycles. The van der Waals surface area contributed by atoms with E-state index in [1.807, 2.05) is 6.92 Å². The van der Waals surface area contributed by atoms with Crippen molar-refractivity contribution in [3.8, 4) is 0 Å². The van der Waals surface area contributed by atoms with Gasteiger partial charge in [-0.05, 0) is 33.1 Å². The molecular weight excluding hydrogens is 208 g/mol. The topological polar surface area (TPSA) is 72.6 Å². The fourth-order valence-electron chi connectivity index (χ4n) is 1.91. The lowest BCUT2D eigenvalue weighted by molar-refractivity contribution is -0.123. The van der Waals surface area contributed by atoms with Gasteiger partial charge in [-0.25, -0.2) is 4.79 Å². The van der Waals surface area contributed by atoms with Crippen molar-refractivity contribution in [3.63, 3.8) is 0 Å². The van der Waals surface area contributed by atoms with Gasteiger partial charge in [0.1, 0.15) is 11.6 Å². The maximum Gasteiger partial charge on any atom is 0.410 e.